The highest BCUT2D eigenvalue weighted by molar-refractivity contribution is 5.42. The van der Waals surface area contributed by atoms with Crippen molar-refractivity contribution in [1.82, 2.24) is 10.2 Å². The van der Waals surface area contributed by atoms with E-state index in [1.807, 2.05) is 6.07 Å². The summed E-state index contributed by atoms with van der Waals surface area (Å²) >= 11 is 0. The van der Waals surface area contributed by atoms with Gasteiger partial charge in [0.05, 0.1) is 14.2 Å². The minimum absolute atomic E-state index is 0.174. The average molecular weight is 278 g/mol. The van der Waals surface area contributed by atoms with Crippen LogP contribution in [0, 0.1) is 0 Å². The van der Waals surface area contributed by atoms with Gasteiger partial charge < -0.3 is 14.8 Å². The van der Waals surface area contributed by atoms with Crippen LogP contribution in [0.2, 0.25) is 0 Å². The van der Waals surface area contributed by atoms with Crippen LogP contribution in [0.3, 0.4) is 0 Å². The van der Waals surface area contributed by atoms with E-state index in [4.69, 9.17) is 9.47 Å². The largest absolute Gasteiger partial charge is 0.493 e. The zero-order valence-electron chi connectivity index (χ0n) is 13.0. The summed E-state index contributed by atoms with van der Waals surface area (Å²) in [6, 6.07) is 6.17. The Balaban J connectivity index is 2.08. The molecule has 1 heterocycles. The molecule has 4 heteroatoms. The quantitative estimate of drug-likeness (QED) is 0.916. The van der Waals surface area contributed by atoms with Crippen LogP contribution in [-0.4, -0.2) is 44.3 Å². The summed E-state index contributed by atoms with van der Waals surface area (Å²) in [4.78, 5) is 2.50. The second-order valence-electron chi connectivity index (χ2n) is 6.06. The Morgan fingerprint density at radius 3 is 2.65 bits per heavy atom. The Kier molecular flexibility index (Phi) is 4.89. The third-order valence-electron chi connectivity index (χ3n) is 3.73. The number of benzene rings is 1. The lowest BCUT2D eigenvalue weighted by atomic mass is 10.1. The van der Waals surface area contributed by atoms with Gasteiger partial charge in [0.25, 0.3) is 0 Å². The van der Waals surface area contributed by atoms with Crippen molar-refractivity contribution < 1.29 is 9.47 Å². The lowest BCUT2D eigenvalue weighted by Gasteiger charge is -2.30. The molecule has 0 atom stereocenters. The van der Waals surface area contributed by atoms with E-state index in [1.54, 1.807) is 14.2 Å². The van der Waals surface area contributed by atoms with Crippen molar-refractivity contribution in [3.63, 3.8) is 0 Å². The van der Waals surface area contributed by atoms with Gasteiger partial charge in [0, 0.05) is 18.6 Å². The smallest absolute Gasteiger partial charge is 0.161 e. The molecule has 0 radical (unpaired) electrons. The summed E-state index contributed by atoms with van der Waals surface area (Å²) in [5.41, 5.74) is 1.44. The fraction of sp³-hybridized carbons (Fsp3) is 0.625. The number of ether oxygens (including phenoxy) is 2. The van der Waals surface area contributed by atoms with Crippen molar-refractivity contribution in [2.75, 3.05) is 33.9 Å². The molecule has 1 saturated heterocycles. The van der Waals surface area contributed by atoms with E-state index >= 15 is 0 Å². The number of nitrogens with zero attached hydrogens (tertiary/aromatic N) is 1. The molecular formula is C16H26N2O2. The van der Waals surface area contributed by atoms with Gasteiger partial charge in [-0.05, 0) is 51.1 Å². The molecule has 1 aliphatic heterocycles. The maximum Gasteiger partial charge on any atom is 0.161 e. The van der Waals surface area contributed by atoms with Crippen molar-refractivity contribution in [2.24, 2.45) is 0 Å². The SMILES string of the molecule is COc1ccc(CN2CCCNC(C)(C)C2)cc1OC. The topological polar surface area (TPSA) is 33.7 Å². The minimum atomic E-state index is 0.174. The molecular weight excluding hydrogens is 252 g/mol. The zero-order valence-corrected chi connectivity index (χ0v) is 13.0. The van der Waals surface area contributed by atoms with Crippen molar-refractivity contribution in [2.45, 2.75) is 32.4 Å². The van der Waals surface area contributed by atoms with E-state index in [1.165, 1.54) is 12.0 Å². The van der Waals surface area contributed by atoms with Gasteiger partial charge >= 0.3 is 0 Å². The molecule has 0 bridgehead atoms. The predicted octanol–water partition coefficient (Wildman–Crippen LogP) is 2.28. The first-order valence-corrected chi connectivity index (χ1v) is 7.22. The van der Waals surface area contributed by atoms with Crippen LogP contribution in [0.1, 0.15) is 25.8 Å². The van der Waals surface area contributed by atoms with Crippen LogP contribution < -0.4 is 14.8 Å². The van der Waals surface area contributed by atoms with Gasteiger partial charge in [0.2, 0.25) is 0 Å². The molecule has 1 aromatic carbocycles. The molecule has 0 aromatic heterocycles. The number of nitrogens with one attached hydrogen (secondary N) is 1. The molecule has 1 aliphatic rings. The minimum Gasteiger partial charge on any atom is -0.493 e. The molecule has 2 rings (SSSR count). The van der Waals surface area contributed by atoms with Crippen molar-refractivity contribution in [3.8, 4) is 11.5 Å². The fourth-order valence-electron chi connectivity index (χ4n) is 2.80. The van der Waals surface area contributed by atoms with E-state index in [0.717, 1.165) is 37.7 Å². The number of methoxy groups -OCH3 is 2. The van der Waals surface area contributed by atoms with Crippen LogP contribution in [0.25, 0.3) is 0 Å². The summed E-state index contributed by atoms with van der Waals surface area (Å²) in [6.45, 7) is 8.76. The van der Waals surface area contributed by atoms with Gasteiger partial charge in [-0.15, -0.1) is 0 Å². The molecule has 112 valence electrons. The maximum atomic E-state index is 5.38. The Morgan fingerprint density at radius 2 is 1.95 bits per heavy atom. The van der Waals surface area contributed by atoms with Gasteiger partial charge in [0.1, 0.15) is 0 Å². The standard InChI is InChI=1S/C16H26N2O2/c1-16(2)12-18(9-5-8-17-16)11-13-6-7-14(19-3)15(10-13)20-4/h6-7,10,17H,5,8-9,11-12H2,1-4H3. The molecule has 0 saturated carbocycles. The summed E-state index contributed by atoms with van der Waals surface area (Å²) < 4.78 is 10.7. The zero-order chi connectivity index (χ0) is 14.6. The second kappa shape index (κ2) is 6.46. The van der Waals surface area contributed by atoms with Gasteiger partial charge in [-0.3, -0.25) is 4.90 Å². The van der Waals surface area contributed by atoms with Gasteiger partial charge in [-0.1, -0.05) is 6.07 Å². The highest BCUT2D eigenvalue weighted by atomic mass is 16.5. The molecule has 1 N–H and O–H groups in total. The molecule has 0 unspecified atom stereocenters. The summed E-state index contributed by atoms with van der Waals surface area (Å²) in [6.07, 6.45) is 1.19. The predicted molar refractivity (Wildman–Crippen MR) is 81.5 cm³/mol. The highest BCUT2D eigenvalue weighted by Gasteiger charge is 2.24. The third-order valence-corrected chi connectivity index (χ3v) is 3.73. The fourth-order valence-corrected chi connectivity index (χ4v) is 2.80. The van der Waals surface area contributed by atoms with E-state index in [9.17, 15) is 0 Å². The Labute approximate surface area is 122 Å². The lowest BCUT2D eigenvalue weighted by Crippen LogP contribution is -2.46. The third kappa shape index (κ3) is 3.87. The first-order chi connectivity index (χ1) is 9.54. The van der Waals surface area contributed by atoms with Crippen LogP contribution in [0.15, 0.2) is 18.2 Å². The highest BCUT2D eigenvalue weighted by Crippen LogP contribution is 2.28. The summed E-state index contributed by atoms with van der Waals surface area (Å²) in [5.74, 6) is 1.59. The Morgan fingerprint density at radius 1 is 1.20 bits per heavy atom. The van der Waals surface area contributed by atoms with Gasteiger partial charge in [-0.2, -0.15) is 0 Å². The van der Waals surface area contributed by atoms with E-state index in [0.29, 0.717) is 0 Å². The molecule has 20 heavy (non-hydrogen) atoms. The first-order valence-electron chi connectivity index (χ1n) is 7.22. The summed E-state index contributed by atoms with van der Waals surface area (Å²) in [7, 11) is 3.35. The first kappa shape index (κ1) is 15.1. The normalized spacial score (nSPS) is 19.4. The number of hydrogen-bond acceptors (Lipinski definition) is 4. The number of hydrogen-bond donors (Lipinski definition) is 1. The van der Waals surface area contributed by atoms with Crippen molar-refractivity contribution >= 4 is 0 Å². The van der Waals surface area contributed by atoms with E-state index in [2.05, 4.69) is 36.2 Å². The van der Waals surface area contributed by atoms with Crippen molar-refractivity contribution in [1.29, 1.82) is 0 Å². The number of rotatable bonds is 4. The molecule has 0 spiro atoms. The molecule has 0 aliphatic carbocycles. The molecule has 1 aromatic rings. The molecule has 4 nitrogen and oxygen atoms in total. The average Bonchev–Trinajstić information content (AvgIpc) is 2.59. The molecule has 0 amide bonds. The summed E-state index contributed by atoms with van der Waals surface area (Å²) in [5, 5.41) is 3.59. The van der Waals surface area contributed by atoms with Crippen LogP contribution in [-0.2, 0) is 6.54 Å². The lowest BCUT2D eigenvalue weighted by molar-refractivity contribution is 0.223. The monoisotopic (exact) mass is 278 g/mol. The van der Waals surface area contributed by atoms with E-state index < -0.39 is 0 Å². The molecule has 1 fully saturated rings. The second-order valence-corrected chi connectivity index (χ2v) is 6.06. The van der Waals surface area contributed by atoms with Gasteiger partial charge in [-0.25, -0.2) is 0 Å². The van der Waals surface area contributed by atoms with Crippen molar-refractivity contribution in [3.05, 3.63) is 23.8 Å². The van der Waals surface area contributed by atoms with Crippen LogP contribution in [0.5, 0.6) is 11.5 Å². The van der Waals surface area contributed by atoms with Crippen LogP contribution >= 0.6 is 0 Å². The Hall–Kier alpha value is -1.26. The maximum absolute atomic E-state index is 5.38. The van der Waals surface area contributed by atoms with Crippen LogP contribution in [0.4, 0.5) is 0 Å². The van der Waals surface area contributed by atoms with Gasteiger partial charge in [0.15, 0.2) is 11.5 Å². The Bertz CT molecular complexity index is 446. The van der Waals surface area contributed by atoms with E-state index in [-0.39, 0.29) is 5.54 Å².